The van der Waals surface area contributed by atoms with Gasteiger partial charge in [-0.2, -0.15) is 0 Å². The molecule has 0 aromatic rings. The lowest BCUT2D eigenvalue weighted by molar-refractivity contribution is -0.101. The molecule has 2 nitrogen and oxygen atoms in total. The molecule has 2 unspecified atom stereocenters. The predicted octanol–water partition coefficient (Wildman–Crippen LogP) is 2.80. The first-order chi connectivity index (χ1) is 7.29. The summed E-state index contributed by atoms with van der Waals surface area (Å²) in [6, 6.07) is 1.25. The summed E-state index contributed by atoms with van der Waals surface area (Å²) >= 11 is 0. The Kier molecular flexibility index (Phi) is 3.09. The van der Waals surface area contributed by atoms with E-state index in [4.69, 9.17) is 0 Å². The lowest BCUT2D eigenvalue weighted by Crippen LogP contribution is -2.57. The van der Waals surface area contributed by atoms with E-state index in [1.165, 1.54) is 19.3 Å². The van der Waals surface area contributed by atoms with Crippen LogP contribution in [-0.2, 0) is 0 Å². The second-order valence-electron chi connectivity index (χ2n) is 7.27. The summed E-state index contributed by atoms with van der Waals surface area (Å²) < 4.78 is 0. The Morgan fingerprint density at radius 3 is 2.12 bits per heavy atom. The molecule has 2 fully saturated rings. The number of aliphatic hydroxyl groups is 1. The van der Waals surface area contributed by atoms with E-state index in [1.807, 2.05) is 0 Å². The van der Waals surface area contributed by atoms with Crippen LogP contribution in [0, 0.1) is 5.41 Å². The first-order valence-corrected chi connectivity index (χ1v) is 6.73. The van der Waals surface area contributed by atoms with E-state index in [1.54, 1.807) is 0 Å². The molecule has 0 saturated carbocycles. The van der Waals surface area contributed by atoms with Crippen molar-refractivity contribution in [2.75, 3.05) is 7.05 Å². The van der Waals surface area contributed by atoms with E-state index in [0.29, 0.717) is 12.1 Å². The van der Waals surface area contributed by atoms with Crippen molar-refractivity contribution in [1.29, 1.82) is 0 Å². The minimum Gasteiger partial charge on any atom is -0.390 e. The molecule has 2 atom stereocenters. The number of hydrogen-bond donors (Lipinski definition) is 1. The molecule has 0 aromatic carbocycles. The van der Waals surface area contributed by atoms with E-state index in [2.05, 4.69) is 32.7 Å². The predicted molar refractivity (Wildman–Crippen MR) is 67.4 cm³/mol. The molecule has 0 aromatic heterocycles. The van der Waals surface area contributed by atoms with Crippen LogP contribution in [0.3, 0.4) is 0 Å². The summed E-state index contributed by atoms with van der Waals surface area (Å²) in [5.41, 5.74) is -0.167. The Morgan fingerprint density at radius 1 is 1.19 bits per heavy atom. The van der Waals surface area contributed by atoms with Gasteiger partial charge in [-0.3, -0.25) is 0 Å². The summed E-state index contributed by atoms with van der Waals surface area (Å²) in [6.07, 6.45) is 6.82. The van der Waals surface area contributed by atoms with Crippen molar-refractivity contribution < 1.29 is 5.11 Å². The van der Waals surface area contributed by atoms with Crippen molar-refractivity contribution in [2.24, 2.45) is 5.41 Å². The molecule has 16 heavy (non-hydrogen) atoms. The minimum absolute atomic E-state index is 0.235. The second kappa shape index (κ2) is 3.99. The molecule has 0 radical (unpaired) electrons. The van der Waals surface area contributed by atoms with Gasteiger partial charge >= 0.3 is 0 Å². The minimum atomic E-state index is -0.402. The van der Waals surface area contributed by atoms with Crippen LogP contribution < -0.4 is 0 Å². The number of fused-ring (bicyclic) bond motifs is 2. The quantitative estimate of drug-likeness (QED) is 0.742. The van der Waals surface area contributed by atoms with Crippen molar-refractivity contribution in [3.05, 3.63) is 0 Å². The highest BCUT2D eigenvalue weighted by Crippen LogP contribution is 2.43. The molecule has 0 spiro atoms. The van der Waals surface area contributed by atoms with Crippen molar-refractivity contribution >= 4 is 0 Å². The van der Waals surface area contributed by atoms with Gasteiger partial charge in [0.1, 0.15) is 0 Å². The van der Waals surface area contributed by atoms with Crippen LogP contribution in [0.25, 0.3) is 0 Å². The van der Waals surface area contributed by atoms with E-state index < -0.39 is 5.60 Å². The fourth-order valence-electron chi connectivity index (χ4n) is 3.88. The maximum atomic E-state index is 10.8. The molecule has 2 saturated heterocycles. The molecule has 2 aliphatic rings. The van der Waals surface area contributed by atoms with Gasteiger partial charge in [-0.25, -0.2) is 0 Å². The normalized spacial score (nSPS) is 41.1. The number of nitrogens with zero attached hydrogens (tertiary/aromatic N) is 1. The van der Waals surface area contributed by atoms with Crippen LogP contribution in [0.15, 0.2) is 0 Å². The Balaban J connectivity index is 2.08. The second-order valence-corrected chi connectivity index (χ2v) is 7.27. The summed E-state index contributed by atoms with van der Waals surface area (Å²) in [5.74, 6) is 0. The molecule has 1 N–H and O–H groups in total. The van der Waals surface area contributed by atoms with E-state index in [0.717, 1.165) is 19.3 Å². The monoisotopic (exact) mass is 225 g/mol. The van der Waals surface area contributed by atoms with Gasteiger partial charge < -0.3 is 10.0 Å². The number of piperidine rings is 2. The molecule has 2 aliphatic heterocycles. The lowest BCUT2D eigenvalue weighted by atomic mass is 9.70. The standard InChI is InChI=1S/C14H27NO/c1-13(2,3)10-14(16)8-11-6-5-7-12(9-14)15(11)4/h11-12,16H,5-10H2,1-4H3. The molecule has 0 aliphatic carbocycles. The maximum absolute atomic E-state index is 10.8. The van der Waals surface area contributed by atoms with Crippen LogP contribution in [0.2, 0.25) is 0 Å². The molecular formula is C14H27NO. The molecule has 2 heterocycles. The van der Waals surface area contributed by atoms with E-state index >= 15 is 0 Å². The molecular weight excluding hydrogens is 198 g/mol. The van der Waals surface area contributed by atoms with Crippen LogP contribution in [0.4, 0.5) is 0 Å². The Labute approximate surface area is 100 Å². The van der Waals surface area contributed by atoms with Gasteiger partial charge in [0.05, 0.1) is 5.60 Å². The molecule has 94 valence electrons. The van der Waals surface area contributed by atoms with E-state index in [9.17, 15) is 5.11 Å². The molecule has 2 bridgehead atoms. The Hall–Kier alpha value is -0.0800. The maximum Gasteiger partial charge on any atom is 0.0682 e. The average Bonchev–Trinajstić information content (AvgIpc) is 2.04. The zero-order valence-corrected chi connectivity index (χ0v) is 11.3. The van der Waals surface area contributed by atoms with Crippen LogP contribution in [0.5, 0.6) is 0 Å². The topological polar surface area (TPSA) is 23.5 Å². The van der Waals surface area contributed by atoms with Gasteiger partial charge in [-0.15, -0.1) is 0 Å². The fourth-order valence-corrected chi connectivity index (χ4v) is 3.88. The highest BCUT2D eigenvalue weighted by Gasteiger charge is 2.45. The van der Waals surface area contributed by atoms with Crippen LogP contribution in [-0.4, -0.2) is 34.7 Å². The highest BCUT2D eigenvalue weighted by atomic mass is 16.3. The van der Waals surface area contributed by atoms with Crippen molar-refractivity contribution in [2.45, 2.75) is 77.0 Å². The third-order valence-corrected chi connectivity index (χ3v) is 4.32. The van der Waals surface area contributed by atoms with Crippen molar-refractivity contribution in [3.63, 3.8) is 0 Å². The number of rotatable bonds is 1. The Bertz CT molecular complexity index is 242. The highest BCUT2D eigenvalue weighted by molar-refractivity contribution is 4.99. The van der Waals surface area contributed by atoms with Crippen LogP contribution >= 0.6 is 0 Å². The van der Waals surface area contributed by atoms with Gasteiger partial charge in [0.15, 0.2) is 0 Å². The third-order valence-electron chi connectivity index (χ3n) is 4.32. The first kappa shape index (κ1) is 12.4. The van der Waals surface area contributed by atoms with Gasteiger partial charge in [-0.1, -0.05) is 27.2 Å². The van der Waals surface area contributed by atoms with Crippen molar-refractivity contribution in [3.8, 4) is 0 Å². The van der Waals surface area contributed by atoms with Gasteiger partial charge in [0.2, 0.25) is 0 Å². The largest absolute Gasteiger partial charge is 0.390 e. The lowest BCUT2D eigenvalue weighted by Gasteiger charge is -2.52. The first-order valence-electron chi connectivity index (χ1n) is 6.73. The van der Waals surface area contributed by atoms with E-state index in [-0.39, 0.29) is 5.41 Å². The van der Waals surface area contributed by atoms with Gasteiger partial charge in [-0.05, 0) is 44.6 Å². The number of hydrogen-bond acceptors (Lipinski definition) is 2. The van der Waals surface area contributed by atoms with Gasteiger partial charge in [0, 0.05) is 12.1 Å². The molecule has 0 amide bonds. The Morgan fingerprint density at radius 2 is 1.69 bits per heavy atom. The SMILES string of the molecule is CN1C2CCCC1CC(O)(CC(C)(C)C)C2. The summed E-state index contributed by atoms with van der Waals surface area (Å²) in [7, 11) is 2.24. The van der Waals surface area contributed by atoms with Gasteiger partial charge in [0.25, 0.3) is 0 Å². The average molecular weight is 225 g/mol. The van der Waals surface area contributed by atoms with Crippen LogP contribution in [0.1, 0.15) is 59.3 Å². The fraction of sp³-hybridized carbons (Fsp3) is 1.00. The summed E-state index contributed by atoms with van der Waals surface area (Å²) in [6.45, 7) is 6.71. The molecule has 2 rings (SSSR count). The molecule has 2 heteroatoms. The summed E-state index contributed by atoms with van der Waals surface area (Å²) in [4.78, 5) is 2.51. The van der Waals surface area contributed by atoms with Crippen molar-refractivity contribution in [1.82, 2.24) is 4.90 Å². The smallest absolute Gasteiger partial charge is 0.0682 e. The third kappa shape index (κ3) is 2.60. The zero-order chi connectivity index (χ0) is 12.0. The summed E-state index contributed by atoms with van der Waals surface area (Å²) in [5, 5.41) is 10.8. The zero-order valence-electron chi connectivity index (χ0n) is 11.3.